The van der Waals surface area contributed by atoms with Crippen LogP contribution in [0.3, 0.4) is 0 Å². The number of nitrogens with one attached hydrogen (secondary N) is 1. The lowest BCUT2D eigenvalue weighted by Crippen LogP contribution is -2.21. The number of hydrogen-bond acceptors (Lipinski definition) is 3. The highest BCUT2D eigenvalue weighted by atomic mass is 16.2. The van der Waals surface area contributed by atoms with Crippen molar-refractivity contribution in [2.45, 2.75) is 19.3 Å². The van der Waals surface area contributed by atoms with Crippen molar-refractivity contribution in [3.63, 3.8) is 0 Å². The summed E-state index contributed by atoms with van der Waals surface area (Å²) in [6.07, 6.45) is 2.61. The summed E-state index contributed by atoms with van der Waals surface area (Å²) in [4.78, 5) is 16.3. The fraction of sp³-hybridized carbons (Fsp3) is 0.235. The molecule has 4 nitrogen and oxygen atoms in total. The molecule has 1 aliphatic carbocycles. The van der Waals surface area contributed by atoms with Crippen LogP contribution in [-0.4, -0.2) is 16.6 Å². The third-order valence-electron chi connectivity index (χ3n) is 3.72. The van der Waals surface area contributed by atoms with Crippen molar-refractivity contribution in [2.75, 3.05) is 0 Å². The molecule has 21 heavy (non-hydrogen) atoms. The van der Waals surface area contributed by atoms with Gasteiger partial charge in [0, 0.05) is 12.1 Å². The van der Waals surface area contributed by atoms with Gasteiger partial charge in [-0.05, 0) is 37.0 Å². The van der Waals surface area contributed by atoms with Gasteiger partial charge in [0.15, 0.2) is 0 Å². The quantitative estimate of drug-likeness (QED) is 0.691. The molecular formula is C17H17N3O. The largest absolute Gasteiger partial charge is 0.273 e. The van der Waals surface area contributed by atoms with Crippen molar-refractivity contribution >= 4 is 11.6 Å². The summed E-state index contributed by atoms with van der Waals surface area (Å²) in [7, 11) is 0. The summed E-state index contributed by atoms with van der Waals surface area (Å²) < 4.78 is 0. The molecule has 4 heteroatoms. The Kier molecular flexibility index (Phi) is 3.77. The number of carbonyl (C=O) groups is 1. The molecular weight excluding hydrogens is 262 g/mol. The van der Waals surface area contributed by atoms with Gasteiger partial charge in [-0.15, -0.1) is 0 Å². The fourth-order valence-electron chi connectivity index (χ4n) is 2.41. The monoisotopic (exact) mass is 279 g/mol. The summed E-state index contributed by atoms with van der Waals surface area (Å²) in [5.41, 5.74) is 5.36. The van der Waals surface area contributed by atoms with E-state index in [1.165, 1.54) is 5.56 Å². The van der Waals surface area contributed by atoms with Crippen molar-refractivity contribution in [1.29, 1.82) is 0 Å². The molecule has 1 saturated carbocycles. The van der Waals surface area contributed by atoms with E-state index in [9.17, 15) is 4.79 Å². The number of hydrazone groups is 1. The molecule has 0 bridgehead atoms. The fourth-order valence-corrected chi connectivity index (χ4v) is 2.41. The van der Waals surface area contributed by atoms with Crippen LogP contribution in [0.15, 0.2) is 59.8 Å². The minimum atomic E-state index is -0.0147. The molecule has 1 aromatic carbocycles. The van der Waals surface area contributed by atoms with Crippen LogP contribution in [0.2, 0.25) is 0 Å². The normalized spacial score (nSPS) is 20.9. The van der Waals surface area contributed by atoms with Crippen LogP contribution in [0.4, 0.5) is 0 Å². The Morgan fingerprint density at radius 2 is 1.95 bits per heavy atom. The van der Waals surface area contributed by atoms with Crippen molar-refractivity contribution < 1.29 is 4.79 Å². The summed E-state index contributed by atoms with van der Waals surface area (Å²) in [6, 6.07) is 15.8. The van der Waals surface area contributed by atoms with E-state index < -0.39 is 0 Å². The third-order valence-corrected chi connectivity index (χ3v) is 3.72. The van der Waals surface area contributed by atoms with Gasteiger partial charge >= 0.3 is 0 Å². The van der Waals surface area contributed by atoms with Crippen molar-refractivity contribution in [3.05, 3.63) is 66.0 Å². The highest BCUT2D eigenvalue weighted by molar-refractivity contribution is 5.97. The van der Waals surface area contributed by atoms with Crippen LogP contribution in [0.1, 0.15) is 30.5 Å². The number of benzene rings is 1. The smallest absolute Gasteiger partial charge is 0.243 e. The van der Waals surface area contributed by atoms with E-state index in [0.29, 0.717) is 11.6 Å². The Morgan fingerprint density at radius 1 is 1.19 bits per heavy atom. The van der Waals surface area contributed by atoms with Crippen LogP contribution >= 0.6 is 0 Å². The number of hydrogen-bond donors (Lipinski definition) is 1. The van der Waals surface area contributed by atoms with Gasteiger partial charge in [0.25, 0.3) is 0 Å². The molecule has 0 spiro atoms. The van der Waals surface area contributed by atoms with Crippen molar-refractivity contribution in [2.24, 2.45) is 11.0 Å². The molecule has 0 aliphatic heterocycles. The Bertz CT molecular complexity index is 652. The molecule has 1 heterocycles. The zero-order valence-corrected chi connectivity index (χ0v) is 11.9. The molecule has 1 fully saturated rings. The highest BCUT2D eigenvalue weighted by Gasteiger charge is 2.43. The number of nitrogens with zero attached hydrogens (tertiary/aromatic N) is 2. The predicted octanol–water partition coefficient (Wildman–Crippen LogP) is 2.73. The molecule has 0 unspecified atom stereocenters. The first kappa shape index (κ1) is 13.5. The number of rotatable bonds is 4. The first-order valence-electron chi connectivity index (χ1n) is 7.06. The molecule has 3 rings (SSSR count). The molecule has 0 saturated heterocycles. The van der Waals surface area contributed by atoms with Gasteiger partial charge in [-0.2, -0.15) is 5.10 Å². The zero-order valence-electron chi connectivity index (χ0n) is 11.9. The predicted molar refractivity (Wildman–Crippen MR) is 81.9 cm³/mol. The minimum Gasteiger partial charge on any atom is -0.273 e. The second kappa shape index (κ2) is 5.87. The summed E-state index contributed by atoms with van der Waals surface area (Å²) in [5.74, 6) is 0.350. The van der Waals surface area contributed by atoms with Crippen LogP contribution < -0.4 is 5.43 Å². The van der Waals surface area contributed by atoms with E-state index >= 15 is 0 Å². The molecule has 2 aromatic rings. The number of pyridine rings is 1. The van der Waals surface area contributed by atoms with Gasteiger partial charge in [-0.3, -0.25) is 9.78 Å². The molecule has 106 valence electrons. The second-order valence-corrected chi connectivity index (χ2v) is 5.25. The average Bonchev–Trinajstić information content (AvgIpc) is 3.35. The van der Waals surface area contributed by atoms with Gasteiger partial charge in [-0.1, -0.05) is 36.4 Å². The van der Waals surface area contributed by atoms with E-state index in [0.717, 1.165) is 12.1 Å². The van der Waals surface area contributed by atoms with Crippen LogP contribution in [0.5, 0.6) is 0 Å². The Labute approximate surface area is 123 Å². The van der Waals surface area contributed by atoms with Gasteiger partial charge in [0.2, 0.25) is 5.91 Å². The molecule has 1 aliphatic rings. The first-order valence-corrected chi connectivity index (χ1v) is 7.06. The second-order valence-electron chi connectivity index (χ2n) is 5.25. The number of amides is 1. The van der Waals surface area contributed by atoms with Gasteiger partial charge in [-0.25, -0.2) is 5.43 Å². The number of aromatic nitrogens is 1. The van der Waals surface area contributed by atoms with Gasteiger partial charge in [0.05, 0.1) is 11.4 Å². The number of carbonyl (C=O) groups excluding carboxylic acids is 1. The maximum absolute atomic E-state index is 12.1. The van der Waals surface area contributed by atoms with E-state index in [-0.39, 0.29) is 11.8 Å². The van der Waals surface area contributed by atoms with E-state index in [2.05, 4.69) is 27.6 Å². The lowest BCUT2D eigenvalue weighted by atomic mass is 10.1. The van der Waals surface area contributed by atoms with E-state index in [4.69, 9.17) is 0 Å². The lowest BCUT2D eigenvalue weighted by molar-refractivity contribution is -0.122. The van der Waals surface area contributed by atoms with Gasteiger partial charge < -0.3 is 0 Å². The molecule has 1 N–H and O–H groups in total. The molecule has 2 atom stereocenters. The highest BCUT2D eigenvalue weighted by Crippen LogP contribution is 2.47. The van der Waals surface area contributed by atoms with Crippen LogP contribution in [0.25, 0.3) is 0 Å². The summed E-state index contributed by atoms with van der Waals surface area (Å²) >= 11 is 0. The average molecular weight is 279 g/mol. The Balaban J connectivity index is 1.59. The Hall–Kier alpha value is -2.49. The van der Waals surface area contributed by atoms with Crippen molar-refractivity contribution in [1.82, 2.24) is 10.4 Å². The lowest BCUT2D eigenvalue weighted by Gasteiger charge is -2.02. The maximum Gasteiger partial charge on any atom is 0.243 e. The van der Waals surface area contributed by atoms with Crippen molar-refractivity contribution in [3.8, 4) is 0 Å². The van der Waals surface area contributed by atoms with E-state index in [1.54, 1.807) is 6.20 Å². The third kappa shape index (κ3) is 3.16. The molecule has 1 aromatic heterocycles. The summed E-state index contributed by atoms with van der Waals surface area (Å²) in [6.45, 7) is 1.84. The maximum atomic E-state index is 12.1. The van der Waals surface area contributed by atoms with Gasteiger partial charge in [0.1, 0.15) is 0 Å². The Morgan fingerprint density at radius 3 is 2.67 bits per heavy atom. The standard InChI is InChI=1S/C17H17N3O/c1-12(16-9-5-6-10-18-16)19-20-17(21)15-11-14(15)13-7-3-2-4-8-13/h2-10,14-15H,11H2,1H3,(H,20,21)/b19-12-/t14-,15-/m1/s1. The molecule has 0 radical (unpaired) electrons. The minimum absolute atomic E-state index is 0.0147. The van der Waals surface area contributed by atoms with Crippen LogP contribution in [0, 0.1) is 5.92 Å². The summed E-state index contributed by atoms with van der Waals surface area (Å²) in [5, 5.41) is 4.14. The molecule has 1 amide bonds. The zero-order chi connectivity index (χ0) is 14.7. The van der Waals surface area contributed by atoms with Crippen LogP contribution in [-0.2, 0) is 4.79 Å². The first-order chi connectivity index (χ1) is 10.3. The SMILES string of the molecule is C/C(=N/NC(=O)[C@@H]1C[C@@H]1c1ccccc1)c1ccccn1. The topological polar surface area (TPSA) is 54.4 Å². The van der Waals surface area contributed by atoms with E-state index in [1.807, 2.05) is 43.3 Å².